The first kappa shape index (κ1) is 9.98. The van der Waals surface area contributed by atoms with E-state index in [1.807, 2.05) is 18.2 Å². The minimum absolute atomic E-state index is 0.144. The first-order valence-corrected chi connectivity index (χ1v) is 4.91. The van der Waals surface area contributed by atoms with Crippen molar-refractivity contribution in [2.75, 3.05) is 5.73 Å². The lowest BCUT2D eigenvalue weighted by Crippen LogP contribution is -2.32. The van der Waals surface area contributed by atoms with Crippen molar-refractivity contribution in [2.45, 2.75) is 25.5 Å². The summed E-state index contributed by atoms with van der Waals surface area (Å²) in [7, 11) is 0. The average molecular weight is 206 g/mol. The van der Waals surface area contributed by atoms with Crippen LogP contribution in [0, 0.1) is 0 Å². The van der Waals surface area contributed by atoms with Crippen molar-refractivity contribution in [1.82, 2.24) is 5.32 Å². The molecule has 80 valence electrons. The molecule has 0 fully saturated rings. The number of rotatable bonds is 1. The van der Waals surface area contributed by atoms with Gasteiger partial charge in [-0.25, -0.2) is 0 Å². The van der Waals surface area contributed by atoms with Crippen molar-refractivity contribution in [3.63, 3.8) is 0 Å². The lowest BCUT2D eigenvalue weighted by atomic mass is 10.1. The molecule has 4 nitrogen and oxygen atoms in total. The molecular weight excluding hydrogens is 192 g/mol. The van der Waals surface area contributed by atoms with Gasteiger partial charge in [-0.05, 0) is 23.3 Å². The van der Waals surface area contributed by atoms with Crippen LogP contribution in [0.15, 0.2) is 18.2 Å². The van der Waals surface area contributed by atoms with Gasteiger partial charge in [0, 0.05) is 19.0 Å². The summed E-state index contributed by atoms with van der Waals surface area (Å²) in [5.41, 5.74) is 8.31. The van der Waals surface area contributed by atoms with Crippen molar-refractivity contribution >= 4 is 11.6 Å². The highest BCUT2D eigenvalue weighted by atomic mass is 16.3. The fourth-order valence-corrected chi connectivity index (χ4v) is 2.03. The van der Waals surface area contributed by atoms with E-state index in [0.717, 1.165) is 11.1 Å². The molecular formula is C11H14N2O2. The quantitative estimate of drug-likeness (QED) is 0.581. The summed E-state index contributed by atoms with van der Waals surface area (Å²) in [5, 5.41) is 12.5. The van der Waals surface area contributed by atoms with E-state index in [9.17, 15) is 9.90 Å². The maximum absolute atomic E-state index is 11.0. The third-order valence-electron chi connectivity index (χ3n) is 2.68. The van der Waals surface area contributed by atoms with Gasteiger partial charge in [-0.3, -0.25) is 4.79 Å². The predicted octanol–water partition coefficient (Wildman–Crippen LogP) is 0.363. The number of carbonyl (C=O) groups excluding carboxylic acids is 1. The number of hydrogen-bond acceptors (Lipinski definition) is 3. The van der Waals surface area contributed by atoms with Gasteiger partial charge in [0.1, 0.15) is 0 Å². The summed E-state index contributed by atoms with van der Waals surface area (Å²) in [5.74, 6) is -0.144. The summed E-state index contributed by atoms with van der Waals surface area (Å²) in [6.07, 6.45) is 0.0197. The molecule has 1 aromatic rings. The predicted molar refractivity (Wildman–Crippen MR) is 57.1 cm³/mol. The van der Waals surface area contributed by atoms with Crippen LogP contribution in [0.1, 0.15) is 24.1 Å². The third-order valence-corrected chi connectivity index (χ3v) is 2.68. The molecule has 1 aliphatic carbocycles. The fraction of sp³-hybridized carbons (Fsp3) is 0.364. The second-order valence-electron chi connectivity index (χ2n) is 3.91. The molecule has 0 heterocycles. The lowest BCUT2D eigenvalue weighted by molar-refractivity contribution is -0.120. The Morgan fingerprint density at radius 1 is 1.60 bits per heavy atom. The molecule has 2 rings (SSSR count). The zero-order valence-corrected chi connectivity index (χ0v) is 8.53. The molecule has 0 saturated carbocycles. The number of amides is 1. The van der Waals surface area contributed by atoms with E-state index < -0.39 is 6.10 Å². The Kier molecular flexibility index (Phi) is 2.36. The summed E-state index contributed by atoms with van der Waals surface area (Å²) < 4.78 is 0. The van der Waals surface area contributed by atoms with E-state index in [4.69, 9.17) is 5.73 Å². The number of anilines is 1. The summed E-state index contributed by atoms with van der Waals surface area (Å²) in [6, 6.07) is 5.20. The van der Waals surface area contributed by atoms with Crippen molar-refractivity contribution in [1.29, 1.82) is 0 Å². The maximum Gasteiger partial charge on any atom is 0.217 e. The second-order valence-corrected chi connectivity index (χ2v) is 3.91. The summed E-state index contributed by atoms with van der Waals surface area (Å²) in [4.78, 5) is 11.0. The normalized spacial score (nSPS) is 23.6. The van der Waals surface area contributed by atoms with E-state index in [2.05, 4.69) is 5.32 Å². The number of benzene rings is 1. The van der Waals surface area contributed by atoms with Crippen LogP contribution >= 0.6 is 0 Å². The van der Waals surface area contributed by atoms with E-state index in [-0.39, 0.29) is 11.9 Å². The number of hydrogen-bond donors (Lipinski definition) is 3. The third kappa shape index (κ3) is 1.80. The molecule has 15 heavy (non-hydrogen) atoms. The molecule has 0 aliphatic heterocycles. The molecule has 0 aromatic heterocycles. The Morgan fingerprint density at radius 2 is 2.33 bits per heavy atom. The molecule has 1 aromatic carbocycles. The minimum Gasteiger partial charge on any atom is -0.399 e. The summed E-state index contributed by atoms with van der Waals surface area (Å²) >= 11 is 0. The van der Waals surface area contributed by atoms with Gasteiger partial charge in [0.25, 0.3) is 0 Å². The number of nitrogens with one attached hydrogen (secondary N) is 1. The van der Waals surface area contributed by atoms with Crippen LogP contribution in [0.25, 0.3) is 0 Å². The number of aliphatic hydroxyl groups is 1. The molecule has 2 unspecified atom stereocenters. The minimum atomic E-state index is -0.550. The van der Waals surface area contributed by atoms with Gasteiger partial charge >= 0.3 is 0 Å². The zero-order chi connectivity index (χ0) is 11.0. The number of nitrogens with two attached hydrogens (primary N) is 1. The highest BCUT2D eigenvalue weighted by molar-refractivity contribution is 5.74. The lowest BCUT2D eigenvalue weighted by Gasteiger charge is -2.16. The zero-order valence-electron chi connectivity index (χ0n) is 8.53. The molecule has 0 radical (unpaired) electrons. The van der Waals surface area contributed by atoms with Crippen LogP contribution < -0.4 is 11.1 Å². The molecule has 0 bridgehead atoms. The van der Waals surface area contributed by atoms with Crippen LogP contribution in [0.4, 0.5) is 5.69 Å². The van der Waals surface area contributed by atoms with E-state index in [1.165, 1.54) is 6.92 Å². The van der Waals surface area contributed by atoms with Gasteiger partial charge in [-0.1, -0.05) is 6.07 Å². The SMILES string of the molecule is CC(=O)NC1c2cc(N)ccc2CC1O. The molecule has 4 heteroatoms. The van der Waals surface area contributed by atoms with Gasteiger partial charge < -0.3 is 16.2 Å². The Morgan fingerprint density at radius 3 is 3.00 bits per heavy atom. The molecule has 2 atom stereocenters. The van der Waals surface area contributed by atoms with E-state index in [0.29, 0.717) is 12.1 Å². The van der Waals surface area contributed by atoms with Gasteiger partial charge in [0.15, 0.2) is 0 Å². The van der Waals surface area contributed by atoms with Gasteiger partial charge in [-0.2, -0.15) is 0 Å². The Bertz CT molecular complexity index is 404. The topological polar surface area (TPSA) is 75.4 Å². The van der Waals surface area contributed by atoms with Crippen LogP contribution in [0.3, 0.4) is 0 Å². The van der Waals surface area contributed by atoms with Crippen LogP contribution in [0.5, 0.6) is 0 Å². The molecule has 1 aliphatic rings. The Hall–Kier alpha value is -1.55. The van der Waals surface area contributed by atoms with Crippen molar-refractivity contribution in [3.05, 3.63) is 29.3 Å². The second kappa shape index (κ2) is 3.55. The average Bonchev–Trinajstić information content (AvgIpc) is 2.43. The van der Waals surface area contributed by atoms with Crippen molar-refractivity contribution in [3.8, 4) is 0 Å². The molecule has 0 spiro atoms. The van der Waals surface area contributed by atoms with E-state index in [1.54, 1.807) is 0 Å². The fourth-order valence-electron chi connectivity index (χ4n) is 2.03. The van der Waals surface area contributed by atoms with Crippen LogP contribution in [0.2, 0.25) is 0 Å². The number of nitrogen functional groups attached to an aromatic ring is 1. The van der Waals surface area contributed by atoms with Crippen molar-refractivity contribution in [2.24, 2.45) is 0 Å². The van der Waals surface area contributed by atoms with Crippen molar-refractivity contribution < 1.29 is 9.90 Å². The largest absolute Gasteiger partial charge is 0.399 e. The Balaban J connectivity index is 2.35. The smallest absolute Gasteiger partial charge is 0.217 e. The molecule has 0 saturated heterocycles. The first-order chi connectivity index (χ1) is 7.08. The van der Waals surface area contributed by atoms with Gasteiger partial charge in [-0.15, -0.1) is 0 Å². The number of fused-ring (bicyclic) bond motifs is 1. The van der Waals surface area contributed by atoms with Crippen LogP contribution in [-0.2, 0) is 11.2 Å². The standard InChI is InChI=1S/C11H14N2O2/c1-6(14)13-11-9-5-8(12)3-2-7(9)4-10(11)15/h2-3,5,10-11,15H,4,12H2,1H3,(H,13,14). The number of aliphatic hydroxyl groups excluding tert-OH is 1. The van der Waals surface area contributed by atoms with Gasteiger partial charge in [0.2, 0.25) is 5.91 Å². The highest BCUT2D eigenvalue weighted by Gasteiger charge is 2.31. The number of carbonyl (C=O) groups is 1. The first-order valence-electron chi connectivity index (χ1n) is 4.91. The molecule has 1 amide bonds. The Labute approximate surface area is 88.1 Å². The van der Waals surface area contributed by atoms with E-state index >= 15 is 0 Å². The van der Waals surface area contributed by atoms with Gasteiger partial charge in [0.05, 0.1) is 12.1 Å². The molecule has 4 N–H and O–H groups in total. The summed E-state index contributed by atoms with van der Waals surface area (Å²) in [6.45, 7) is 1.44. The van der Waals surface area contributed by atoms with Crippen LogP contribution in [-0.4, -0.2) is 17.1 Å². The maximum atomic E-state index is 11.0. The monoisotopic (exact) mass is 206 g/mol. The highest BCUT2D eigenvalue weighted by Crippen LogP contribution is 2.32.